The van der Waals surface area contributed by atoms with E-state index in [-0.39, 0.29) is 5.82 Å². The molecule has 3 heteroatoms. The second kappa shape index (κ2) is 7.19. The molecule has 1 atom stereocenters. The summed E-state index contributed by atoms with van der Waals surface area (Å²) in [7, 11) is 0. The van der Waals surface area contributed by atoms with Crippen LogP contribution in [0.4, 0.5) is 4.39 Å². The summed E-state index contributed by atoms with van der Waals surface area (Å²) < 4.78 is 13.7. The highest BCUT2D eigenvalue weighted by atomic mass is 19.1. The summed E-state index contributed by atoms with van der Waals surface area (Å²) in [5, 5.41) is 0. The SMILES string of the molecule is Fc1ccccc1C[NH+]1CC[NH+](CC2CC=CCC2)CC1. The Bertz CT molecular complexity index is 478. The molecule has 2 N–H and O–H groups in total. The third-order valence-electron chi connectivity index (χ3n) is 5.02. The van der Waals surface area contributed by atoms with E-state index in [0.717, 1.165) is 18.0 Å². The van der Waals surface area contributed by atoms with Gasteiger partial charge in [-0.15, -0.1) is 0 Å². The maximum Gasteiger partial charge on any atom is 0.132 e. The molecule has 1 heterocycles. The van der Waals surface area contributed by atoms with Crippen molar-refractivity contribution >= 4 is 0 Å². The van der Waals surface area contributed by atoms with Gasteiger partial charge >= 0.3 is 0 Å². The van der Waals surface area contributed by atoms with E-state index in [4.69, 9.17) is 0 Å². The highest BCUT2D eigenvalue weighted by Crippen LogP contribution is 2.15. The van der Waals surface area contributed by atoms with Gasteiger partial charge < -0.3 is 9.80 Å². The lowest BCUT2D eigenvalue weighted by Gasteiger charge is -2.32. The van der Waals surface area contributed by atoms with E-state index in [9.17, 15) is 4.39 Å². The molecule has 0 saturated carbocycles. The first-order chi connectivity index (χ1) is 10.3. The third kappa shape index (κ3) is 4.14. The average Bonchev–Trinajstić information content (AvgIpc) is 2.52. The van der Waals surface area contributed by atoms with E-state index in [1.807, 2.05) is 12.1 Å². The molecule has 21 heavy (non-hydrogen) atoms. The predicted molar refractivity (Wildman–Crippen MR) is 82.8 cm³/mol. The van der Waals surface area contributed by atoms with Gasteiger partial charge in [-0.1, -0.05) is 30.4 Å². The van der Waals surface area contributed by atoms with Gasteiger partial charge in [-0.25, -0.2) is 4.39 Å². The van der Waals surface area contributed by atoms with Crippen LogP contribution in [0.1, 0.15) is 24.8 Å². The minimum absolute atomic E-state index is 0.0474. The summed E-state index contributed by atoms with van der Waals surface area (Å²) >= 11 is 0. The molecule has 0 spiro atoms. The Hall–Kier alpha value is -1.19. The molecule has 0 radical (unpaired) electrons. The molecular formula is C18H27FN2+2. The van der Waals surface area contributed by atoms with Crippen LogP contribution in [0.2, 0.25) is 0 Å². The van der Waals surface area contributed by atoms with Crippen molar-refractivity contribution in [2.24, 2.45) is 5.92 Å². The Balaban J connectivity index is 1.44. The molecule has 0 aromatic heterocycles. The van der Waals surface area contributed by atoms with Crippen molar-refractivity contribution in [1.29, 1.82) is 0 Å². The maximum atomic E-state index is 13.7. The van der Waals surface area contributed by atoms with Crippen LogP contribution in [-0.4, -0.2) is 32.7 Å². The van der Waals surface area contributed by atoms with E-state index in [1.54, 1.807) is 17.0 Å². The van der Waals surface area contributed by atoms with Crippen molar-refractivity contribution < 1.29 is 14.2 Å². The van der Waals surface area contributed by atoms with Gasteiger partial charge in [0.1, 0.15) is 38.5 Å². The maximum absolute atomic E-state index is 13.7. The Labute approximate surface area is 127 Å². The van der Waals surface area contributed by atoms with Gasteiger partial charge in [-0.05, 0) is 25.3 Å². The zero-order chi connectivity index (χ0) is 14.5. The zero-order valence-corrected chi connectivity index (χ0v) is 12.8. The fraction of sp³-hybridized carbons (Fsp3) is 0.556. The fourth-order valence-corrected chi connectivity index (χ4v) is 3.70. The van der Waals surface area contributed by atoms with Crippen LogP contribution < -0.4 is 9.80 Å². The fourth-order valence-electron chi connectivity index (χ4n) is 3.70. The number of halogens is 1. The number of piperazine rings is 1. The van der Waals surface area contributed by atoms with E-state index in [1.165, 1.54) is 56.9 Å². The molecule has 114 valence electrons. The number of nitrogens with one attached hydrogen (secondary N) is 2. The number of hydrogen-bond acceptors (Lipinski definition) is 0. The molecule has 0 bridgehead atoms. The van der Waals surface area contributed by atoms with Crippen LogP contribution in [0.3, 0.4) is 0 Å². The predicted octanol–water partition coefficient (Wildman–Crippen LogP) is 0.465. The van der Waals surface area contributed by atoms with Gasteiger partial charge in [0, 0.05) is 11.5 Å². The first-order valence-corrected chi connectivity index (χ1v) is 8.37. The van der Waals surface area contributed by atoms with E-state index < -0.39 is 0 Å². The summed E-state index contributed by atoms with van der Waals surface area (Å²) in [5.74, 6) is 0.840. The van der Waals surface area contributed by atoms with E-state index in [2.05, 4.69) is 12.2 Å². The number of quaternary nitrogens is 2. The molecule has 0 amide bonds. The van der Waals surface area contributed by atoms with Crippen molar-refractivity contribution in [1.82, 2.24) is 0 Å². The third-order valence-corrected chi connectivity index (χ3v) is 5.02. The molecule has 2 nitrogen and oxygen atoms in total. The normalized spacial score (nSPS) is 29.5. The highest BCUT2D eigenvalue weighted by molar-refractivity contribution is 5.15. The van der Waals surface area contributed by atoms with E-state index in [0.29, 0.717) is 0 Å². The Kier molecular flexibility index (Phi) is 5.04. The summed E-state index contributed by atoms with van der Waals surface area (Å²) in [5.41, 5.74) is 0.869. The number of hydrogen-bond donors (Lipinski definition) is 2. The van der Waals surface area contributed by atoms with Crippen molar-refractivity contribution in [3.63, 3.8) is 0 Å². The Morgan fingerprint density at radius 2 is 1.76 bits per heavy atom. The number of allylic oxidation sites excluding steroid dienone is 2. The molecule has 1 aliphatic carbocycles. The minimum Gasteiger partial charge on any atom is -0.325 e. The lowest BCUT2D eigenvalue weighted by atomic mass is 9.94. The van der Waals surface area contributed by atoms with Crippen molar-refractivity contribution in [3.05, 3.63) is 47.8 Å². The molecule has 1 aromatic carbocycles. The smallest absolute Gasteiger partial charge is 0.132 e. The quantitative estimate of drug-likeness (QED) is 0.746. The highest BCUT2D eigenvalue weighted by Gasteiger charge is 2.26. The van der Waals surface area contributed by atoms with Gasteiger partial charge in [0.05, 0.1) is 6.54 Å². The molecule has 2 aliphatic rings. The van der Waals surface area contributed by atoms with Crippen molar-refractivity contribution in [2.45, 2.75) is 25.8 Å². The number of benzene rings is 1. The second-order valence-corrected chi connectivity index (χ2v) is 6.62. The molecule has 1 aliphatic heterocycles. The van der Waals surface area contributed by atoms with E-state index >= 15 is 0 Å². The molecular weight excluding hydrogens is 263 g/mol. The second-order valence-electron chi connectivity index (χ2n) is 6.62. The van der Waals surface area contributed by atoms with Crippen LogP contribution in [0.5, 0.6) is 0 Å². The Morgan fingerprint density at radius 3 is 2.48 bits per heavy atom. The van der Waals surface area contributed by atoms with Crippen LogP contribution in [-0.2, 0) is 6.54 Å². The van der Waals surface area contributed by atoms with Crippen LogP contribution in [0.25, 0.3) is 0 Å². The van der Waals surface area contributed by atoms with Crippen LogP contribution in [0, 0.1) is 11.7 Å². The molecule has 1 unspecified atom stereocenters. The lowest BCUT2D eigenvalue weighted by molar-refractivity contribution is -1.02. The monoisotopic (exact) mass is 290 g/mol. The minimum atomic E-state index is -0.0474. The molecule has 1 aromatic rings. The lowest BCUT2D eigenvalue weighted by Crippen LogP contribution is -3.27. The van der Waals surface area contributed by atoms with Gasteiger partial charge in [0.25, 0.3) is 0 Å². The van der Waals surface area contributed by atoms with Gasteiger partial charge in [-0.3, -0.25) is 0 Å². The standard InChI is InChI=1S/C18H25FN2/c19-18-9-5-4-8-17(18)15-21-12-10-20(11-13-21)14-16-6-2-1-3-7-16/h1-2,4-5,8-9,16H,3,6-7,10-15H2/p+2. The van der Waals surface area contributed by atoms with Crippen LogP contribution >= 0.6 is 0 Å². The summed E-state index contributed by atoms with van der Waals surface area (Å²) in [4.78, 5) is 3.29. The zero-order valence-electron chi connectivity index (χ0n) is 12.8. The molecule has 1 fully saturated rings. The number of rotatable bonds is 4. The van der Waals surface area contributed by atoms with Crippen molar-refractivity contribution in [2.75, 3.05) is 32.7 Å². The largest absolute Gasteiger partial charge is 0.325 e. The van der Waals surface area contributed by atoms with Crippen molar-refractivity contribution in [3.8, 4) is 0 Å². The van der Waals surface area contributed by atoms with Crippen LogP contribution in [0.15, 0.2) is 36.4 Å². The summed E-state index contributed by atoms with van der Waals surface area (Å²) in [6.07, 6.45) is 8.58. The first kappa shape index (κ1) is 14.7. The average molecular weight is 290 g/mol. The van der Waals surface area contributed by atoms with Gasteiger partial charge in [-0.2, -0.15) is 0 Å². The Morgan fingerprint density at radius 1 is 1.00 bits per heavy atom. The summed E-state index contributed by atoms with van der Waals surface area (Å²) in [6, 6.07) is 7.22. The first-order valence-electron chi connectivity index (χ1n) is 8.37. The summed E-state index contributed by atoms with van der Waals surface area (Å²) in [6.45, 7) is 7.00. The van der Waals surface area contributed by atoms with Gasteiger partial charge in [0.2, 0.25) is 0 Å². The molecule has 1 saturated heterocycles. The topological polar surface area (TPSA) is 8.88 Å². The van der Waals surface area contributed by atoms with Gasteiger partial charge in [0.15, 0.2) is 0 Å². The molecule has 3 rings (SSSR count).